The van der Waals surface area contributed by atoms with E-state index in [-0.39, 0.29) is 0 Å². The minimum atomic E-state index is 0.556. The summed E-state index contributed by atoms with van der Waals surface area (Å²) in [5, 5.41) is 0. The summed E-state index contributed by atoms with van der Waals surface area (Å²) in [7, 11) is 3.32. The molecule has 0 bridgehead atoms. The van der Waals surface area contributed by atoms with E-state index in [4.69, 9.17) is 15.2 Å². The van der Waals surface area contributed by atoms with Crippen LogP contribution in [0.2, 0.25) is 0 Å². The van der Waals surface area contributed by atoms with Crippen molar-refractivity contribution in [3.8, 4) is 22.6 Å². The SMILES string of the molecule is COc1ccc(-c2ccc(CN)cc2C)c(OC)c1. The number of benzene rings is 2. The molecule has 0 saturated heterocycles. The maximum absolute atomic E-state index is 5.66. The molecule has 0 fully saturated rings. The predicted octanol–water partition coefficient (Wildman–Crippen LogP) is 3.14. The Morgan fingerprint density at radius 3 is 2.26 bits per heavy atom. The third-order valence-corrected chi connectivity index (χ3v) is 3.23. The molecule has 2 N–H and O–H groups in total. The normalized spacial score (nSPS) is 10.3. The number of nitrogens with two attached hydrogens (primary N) is 1. The van der Waals surface area contributed by atoms with Crippen molar-refractivity contribution in [2.75, 3.05) is 14.2 Å². The van der Waals surface area contributed by atoms with Crippen molar-refractivity contribution in [2.24, 2.45) is 5.73 Å². The summed E-state index contributed by atoms with van der Waals surface area (Å²) in [6.07, 6.45) is 0. The Morgan fingerprint density at radius 2 is 1.68 bits per heavy atom. The molecule has 2 aromatic rings. The van der Waals surface area contributed by atoms with Gasteiger partial charge in [-0.15, -0.1) is 0 Å². The van der Waals surface area contributed by atoms with Crippen LogP contribution in [0, 0.1) is 6.92 Å². The van der Waals surface area contributed by atoms with Crippen LogP contribution in [0.4, 0.5) is 0 Å². The first kappa shape index (κ1) is 13.4. The van der Waals surface area contributed by atoms with Crippen molar-refractivity contribution in [3.05, 3.63) is 47.5 Å². The smallest absolute Gasteiger partial charge is 0.130 e. The van der Waals surface area contributed by atoms with Crippen LogP contribution in [0.3, 0.4) is 0 Å². The van der Waals surface area contributed by atoms with Crippen LogP contribution in [-0.4, -0.2) is 14.2 Å². The van der Waals surface area contributed by atoms with Gasteiger partial charge in [-0.05, 0) is 35.7 Å². The van der Waals surface area contributed by atoms with E-state index in [0.717, 1.165) is 28.2 Å². The van der Waals surface area contributed by atoms with Gasteiger partial charge in [0.15, 0.2) is 0 Å². The summed E-state index contributed by atoms with van der Waals surface area (Å²) < 4.78 is 10.7. The molecule has 0 aliphatic rings. The maximum Gasteiger partial charge on any atom is 0.130 e. The van der Waals surface area contributed by atoms with Gasteiger partial charge in [0, 0.05) is 18.2 Å². The van der Waals surface area contributed by atoms with Gasteiger partial charge in [-0.25, -0.2) is 0 Å². The molecule has 2 rings (SSSR count). The van der Waals surface area contributed by atoms with Crippen LogP contribution in [0.5, 0.6) is 11.5 Å². The second-order valence-corrected chi connectivity index (χ2v) is 4.42. The number of ether oxygens (including phenoxy) is 2. The average molecular weight is 257 g/mol. The number of hydrogen-bond acceptors (Lipinski definition) is 3. The molecule has 0 aromatic heterocycles. The van der Waals surface area contributed by atoms with E-state index in [2.05, 4.69) is 19.1 Å². The highest BCUT2D eigenvalue weighted by Crippen LogP contribution is 2.35. The summed E-state index contributed by atoms with van der Waals surface area (Å²) in [5.74, 6) is 1.60. The highest BCUT2D eigenvalue weighted by molar-refractivity contribution is 5.74. The second kappa shape index (κ2) is 5.76. The summed E-state index contributed by atoms with van der Waals surface area (Å²) in [6.45, 7) is 2.64. The summed E-state index contributed by atoms with van der Waals surface area (Å²) >= 11 is 0. The van der Waals surface area contributed by atoms with Gasteiger partial charge in [-0.1, -0.05) is 18.2 Å². The predicted molar refractivity (Wildman–Crippen MR) is 77.6 cm³/mol. The molecule has 0 saturated carbocycles. The monoisotopic (exact) mass is 257 g/mol. The number of rotatable bonds is 4. The Bertz CT molecular complexity index is 579. The Labute approximate surface area is 114 Å². The minimum Gasteiger partial charge on any atom is -0.497 e. The molecule has 0 spiro atoms. The van der Waals surface area contributed by atoms with Crippen LogP contribution in [0.1, 0.15) is 11.1 Å². The highest BCUT2D eigenvalue weighted by Gasteiger charge is 2.10. The van der Waals surface area contributed by atoms with Crippen molar-refractivity contribution >= 4 is 0 Å². The molecule has 0 heterocycles. The molecule has 19 heavy (non-hydrogen) atoms. The van der Waals surface area contributed by atoms with Crippen LogP contribution in [0.15, 0.2) is 36.4 Å². The van der Waals surface area contributed by atoms with Crippen molar-refractivity contribution < 1.29 is 9.47 Å². The molecular formula is C16H19NO2. The van der Waals surface area contributed by atoms with Gasteiger partial charge in [-0.2, -0.15) is 0 Å². The summed E-state index contributed by atoms with van der Waals surface area (Å²) in [5.41, 5.74) is 10.2. The van der Waals surface area contributed by atoms with Crippen molar-refractivity contribution in [3.63, 3.8) is 0 Å². The second-order valence-electron chi connectivity index (χ2n) is 4.42. The van der Waals surface area contributed by atoms with E-state index in [1.165, 1.54) is 5.56 Å². The molecule has 3 heteroatoms. The van der Waals surface area contributed by atoms with Gasteiger partial charge in [0.1, 0.15) is 11.5 Å². The summed E-state index contributed by atoms with van der Waals surface area (Å²) in [4.78, 5) is 0. The van der Waals surface area contributed by atoms with Crippen LogP contribution in [0.25, 0.3) is 11.1 Å². The quantitative estimate of drug-likeness (QED) is 0.915. The zero-order valence-corrected chi connectivity index (χ0v) is 11.6. The van der Waals surface area contributed by atoms with E-state index in [0.29, 0.717) is 6.54 Å². The third-order valence-electron chi connectivity index (χ3n) is 3.23. The zero-order chi connectivity index (χ0) is 13.8. The van der Waals surface area contributed by atoms with Gasteiger partial charge in [0.25, 0.3) is 0 Å². The molecule has 0 radical (unpaired) electrons. The van der Waals surface area contributed by atoms with Gasteiger partial charge < -0.3 is 15.2 Å². The van der Waals surface area contributed by atoms with E-state index in [9.17, 15) is 0 Å². The Balaban J connectivity index is 2.52. The molecule has 0 unspecified atom stereocenters. The molecule has 0 amide bonds. The number of aryl methyl sites for hydroxylation is 1. The topological polar surface area (TPSA) is 44.5 Å². The Kier molecular flexibility index (Phi) is 4.07. The van der Waals surface area contributed by atoms with Crippen molar-refractivity contribution in [1.82, 2.24) is 0 Å². The lowest BCUT2D eigenvalue weighted by molar-refractivity contribution is 0.395. The fraction of sp³-hybridized carbons (Fsp3) is 0.250. The molecule has 0 atom stereocenters. The fourth-order valence-electron chi connectivity index (χ4n) is 2.18. The van der Waals surface area contributed by atoms with Crippen LogP contribution < -0.4 is 15.2 Å². The fourth-order valence-corrected chi connectivity index (χ4v) is 2.18. The van der Waals surface area contributed by atoms with Crippen LogP contribution in [-0.2, 0) is 6.54 Å². The van der Waals surface area contributed by atoms with E-state index in [1.807, 2.05) is 24.3 Å². The lowest BCUT2D eigenvalue weighted by Gasteiger charge is -2.13. The maximum atomic E-state index is 5.66. The van der Waals surface area contributed by atoms with Crippen molar-refractivity contribution in [1.29, 1.82) is 0 Å². The molecule has 2 aromatic carbocycles. The van der Waals surface area contributed by atoms with Crippen LogP contribution >= 0.6 is 0 Å². The van der Waals surface area contributed by atoms with Crippen molar-refractivity contribution in [2.45, 2.75) is 13.5 Å². The van der Waals surface area contributed by atoms with E-state index < -0.39 is 0 Å². The molecular weight excluding hydrogens is 238 g/mol. The Morgan fingerprint density at radius 1 is 0.947 bits per heavy atom. The highest BCUT2D eigenvalue weighted by atomic mass is 16.5. The van der Waals surface area contributed by atoms with Gasteiger partial charge in [-0.3, -0.25) is 0 Å². The first-order chi connectivity index (χ1) is 9.19. The Hall–Kier alpha value is -2.00. The first-order valence-corrected chi connectivity index (χ1v) is 6.21. The number of methoxy groups -OCH3 is 2. The average Bonchev–Trinajstić information content (AvgIpc) is 2.46. The molecule has 0 aliphatic carbocycles. The van der Waals surface area contributed by atoms with Gasteiger partial charge >= 0.3 is 0 Å². The van der Waals surface area contributed by atoms with E-state index >= 15 is 0 Å². The first-order valence-electron chi connectivity index (χ1n) is 6.21. The van der Waals surface area contributed by atoms with Gasteiger partial charge in [0.2, 0.25) is 0 Å². The third kappa shape index (κ3) is 2.71. The number of hydrogen-bond donors (Lipinski definition) is 1. The minimum absolute atomic E-state index is 0.556. The standard InChI is InChI=1S/C16H19NO2/c1-11-8-12(10-17)4-6-14(11)15-7-5-13(18-2)9-16(15)19-3/h4-9H,10,17H2,1-3H3. The molecule has 100 valence electrons. The lowest BCUT2D eigenvalue weighted by Crippen LogP contribution is -1.97. The largest absolute Gasteiger partial charge is 0.497 e. The van der Waals surface area contributed by atoms with Gasteiger partial charge in [0.05, 0.1) is 14.2 Å². The molecule has 0 aliphatic heterocycles. The summed E-state index contributed by atoms with van der Waals surface area (Å²) in [6, 6.07) is 12.1. The lowest BCUT2D eigenvalue weighted by atomic mass is 9.97. The zero-order valence-electron chi connectivity index (χ0n) is 11.6. The van der Waals surface area contributed by atoms with E-state index in [1.54, 1.807) is 14.2 Å². The molecule has 3 nitrogen and oxygen atoms in total.